The Morgan fingerprint density at radius 2 is 2.05 bits per heavy atom. The zero-order valence-electron chi connectivity index (χ0n) is 10.8. The molecule has 1 atom stereocenters. The van der Waals surface area contributed by atoms with Crippen LogP contribution in [0.5, 0.6) is 0 Å². The van der Waals surface area contributed by atoms with Crippen LogP contribution in [0.2, 0.25) is 0 Å². The summed E-state index contributed by atoms with van der Waals surface area (Å²) in [6.07, 6.45) is 0.632. The second kappa shape index (κ2) is 6.50. The number of hydrogen-bond donors (Lipinski definition) is 2. The highest BCUT2D eigenvalue weighted by Crippen LogP contribution is 2.15. The van der Waals surface area contributed by atoms with Gasteiger partial charge in [0.05, 0.1) is 17.5 Å². The van der Waals surface area contributed by atoms with Gasteiger partial charge in [-0.1, -0.05) is 30.3 Å². The first-order valence-electron chi connectivity index (χ1n) is 6.20. The number of amides is 1. The van der Waals surface area contributed by atoms with Crippen LogP contribution in [0.1, 0.15) is 20.8 Å². The van der Waals surface area contributed by atoms with E-state index in [2.05, 4.69) is 5.32 Å². The quantitative estimate of drug-likeness (QED) is 0.880. The average Bonchev–Trinajstić information content (AvgIpc) is 2.85. The van der Waals surface area contributed by atoms with Gasteiger partial charge in [0.25, 0.3) is 5.91 Å². The second-order valence-corrected chi connectivity index (χ2v) is 5.39. The molecule has 0 aliphatic carbocycles. The molecule has 1 heterocycles. The van der Waals surface area contributed by atoms with Crippen molar-refractivity contribution in [1.29, 1.82) is 0 Å². The van der Waals surface area contributed by atoms with Crippen LogP contribution in [-0.2, 0) is 6.42 Å². The van der Waals surface area contributed by atoms with Gasteiger partial charge in [-0.05, 0) is 35.9 Å². The third-order valence-electron chi connectivity index (χ3n) is 2.95. The number of rotatable bonds is 5. The average molecular weight is 275 g/mol. The van der Waals surface area contributed by atoms with E-state index in [1.807, 2.05) is 48.7 Å². The molecular formula is C15H17NO2S. The van der Waals surface area contributed by atoms with E-state index >= 15 is 0 Å². The summed E-state index contributed by atoms with van der Waals surface area (Å²) in [4.78, 5) is 12.8. The summed E-state index contributed by atoms with van der Waals surface area (Å²) in [6.45, 7) is 1.85. The van der Waals surface area contributed by atoms with Gasteiger partial charge in [-0.3, -0.25) is 4.79 Å². The number of nitrogens with one attached hydrogen (secondary N) is 1. The Morgan fingerprint density at radius 3 is 2.63 bits per heavy atom. The monoisotopic (exact) mass is 275 g/mol. The van der Waals surface area contributed by atoms with Gasteiger partial charge in [0.15, 0.2) is 0 Å². The van der Waals surface area contributed by atoms with Crippen LogP contribution in [0.4, 0.5) is 0 Å². The van der Waals surface area contributed by atoms with Gasteiger partial charge in [0, 0.05) is 0 Å². The molecule has 1 aromatic heterocycles. The summed E-state index contributed by atoms with van der Waals surface area (Å²) >= 11 is 1.42. The van der Waals surface area contributed by atoms with Crippen molar-refractivity contribution in [3.8, 4) is 0 Å². The molecular weight excluding hydrogens is 258 g/mol. The van der Waals surface area contributed by atoms with Gasteiger partial charge in [0.1, 0.15) is 0 Å². The minimum Gasteiger partial charge on any atom is -0.394 e. The molecule has 1 aromatic carbocycles. The first kappa shape index (κ1) is 13.8. The molecule has 1 amide bonds. The number of aliphatic hydroxyl groups excluding tert-OH is 1. The van der Waals surface area contributed by atoms with Crippen LogP contribution < -0.4 is 5.32 Å². The number of benzene rings is 1. The van der Waals surface area contributed by atoms with E-state index in [0.717, 1.165) is 11.1 Å². The first-order chi connectivity index (χ1) is 9.20. The van der Waals surface area contributed by atoms with E-state index < -0.39 is 0 Å². The lowest BCUT2D eigenvalue weighted by Gasteiger charge is -2.16. The van der Waals surface area contributed by atoms with Crippen molar-refractivity contribution in [1.82, 2.24) is 5.32 Å². The number of carbonyl (C=O) groups is 1. The third kappa shape index (κ3) is 3.66. The van der Waals surface area contributed by atoms with Crippen molar-refractivity contribution in [2.24, 2.45) is 0 Å². The highest BCUT2D eigenvalue weighted by atomic mass is 32.1. The first-order valence-corrected chi connectivity index (χ1v) is 7.08. The fourth-order valence-corrected chi connectivity index (χ4v) is 2.74. The highest BCUT2D eigenvalue weighted by Gasteiger charge is 2.15. The molecule has 2 aromatic rings. The Balaban J connectivity index is 2.00. The van der Waals surface area contributed by atoms with E-state index in [0.29, 0.717) is 11.3 Å². The molecule has 0 fully saturated rings. The van der Waals surface area contributed by atoms with Gasteiger partial charge < -0.3 is 10.4 Å². The van der Waals surface area contributed by atoms with Crippen molar-refractivity contribution in [2.75, 3.05) is 6.61 Å². The van der Waals surface area contributed by atoms with E-state index in [1.54, 1.807) is 0 Å². The highest BCUT2D eigenvalue weighted by molar-refractivity contribution is 7.12. The minimum absolute atomic E-state index is 0.0644. The van der Waals surface area contributed by atoms with Gasteiger partial charge in [-0.15, -0.1) is 11.3 Å². The van der Waals surface area contributed by atoms with Crippen LogP contribution in [0, 0.1) is 6.92 Å². The zero-order chi connectivity index (χ0) is 13.7. The summed E-state index contributed by atoms with van der Waals surface area (Å²) < 4.78 is 0. The van der Waals surface area contributed by atoms with Gasteiger partial charge in [0.2, 0.25) is 0 Å². The Labute approximate surface area is 116 Å². The van der Waals surface area contributed by atoms with Crippen LogP contribution in [0.3, 0.4) is 0 Å². The fourth-order valence-electron chi connectivity index (χ4n) is 1.92. The molecule has 0 saturated heterocycles. The van der Waals surface area contributed by atoms with Crippen molar-refractivity contribution in [3.05, 3.63) is 57.8 Å². The molecule has 2 N–H and O–H groups in total. The summed E-state index contributed by atoms with van der Waals surface area (Å²) in [7, 11) is 0. The summed E-state index contributed by atoms with van der Waals surface area (Å²) in [6, 6.07) is 11.5. The number of aliphatic hydroxyl groups is 1. The van der Waals surface area contributed by atoms with Gasteiger partial charge >= 0.3 is 0 Å². The number of thiophene rings is 1. The van der Waals surface area contributed by atoms with Crippen molar-refractivity contribution in [3.63, 3.8) is 0 Å². The normalized spacial score (nSPS) is 12.1. The third-order valence-corrected chi connectivity index (χ3v) is 3.96. The van der Waals surface area contributed by atoms with Crippen LogP contribution >= 0.6 is 11.3 Å². The standard InChI is InChI=1S/C15H17NO2S/c1-11-7-8-19-14(11)15(18)16-13(10-17)9-12-5-3-2-4-6-12/h2-8,13,17H,9-10H2,1H3,(H,16,18)/t13-/m0/s1. The van der Waals surface area contributed by atoms with Crippen LogP contribution in [0.15, 0.2) is 41.8 Å². The van der Waals surface area contributed by atoms with Crippen molar-refractivity contribution >= 4 is 17.2 Å². The number of carbonyl (C=O) groups excluding carboxylic acids is 1. The molecule has 0 aliphatic heterocycles. The Morgan fingerprint density at radius 1 is 1.32 bits per heavy atom. The lowest BCUT2D eigenvalue weighted by molar-refractivity contribution is 0.0920. The molecule has 0 saturated carbocycles. The van der Waals surface area contributed by atoms with E-state index in [9.17, 15) is 9.90 Å². The molecule has 0 radical (unpaired) electrons. The van der Waals surface area contributed by atoms with Crippen molar-refractivity contribution < 1.29 is 9.90 Å². The van der Waals surface area contributed by atoms with Crippen LogP contribution in [-0.4, -0.2) is 23.7 Å². The maximum absolute atomic E-state index is 12.1. The van der Waals surface area contributed by atoms with Crippen LogP contribution in [0.25, 0.3) is 0 Å². The number of hydrogen-bond acceptors (Lipinski definition) is 3. The van der Waals surface area contributed by atoms with Gasteiger partial charge in [-0.25, -0.2) is 0 Å². The van der Waals surface area contributed by atoms with E-state index in [1.165, 1.54) is 11.3 Å². The molecule has 0 aliphatic rings. The molecule has 19 heavy (non-hydrogen) atoms. The lowest BCUT2D eigenvalue weighted by Crippen LogP contribution is -2.39. The summed E-state index contributed by atoms with van der Waals surface area (Å²) in [5.41, 5.74) is 2.07. The molecule has 4 heteroatoms. The maximum Gasteiger partial charge on any atom is 0.261 e. The Kier molecular flexibility index (Phi) is 4.71. The second-order valence-electron chi connectivity index (χ2n) is 4.48. The molecule has 2 rings (SSSR count). The lowest BCUT2D eigenvalue weighted by atomic mass is 10.1. The minimum atomic E-state index is -0.253. The number of aryl methyl sites for hydroxylation is 1. The molecule has 0 bridgehead atoms. The Bertz CT molecular complexity index is 536. The van der Waals surface area contributed by atoms with E-state index in [4.69, 9.17) is 0 Å². The topological polar surface area (TPSA) is 49.3 Å². The Hall–Kier alpha value is -1.65. The largest absolute Gasteiger partial charge is 0.394 e. The molecule has 0 spiro atoms. The molecule has 100 valence electrons. The van der Waals surface area contributed by atoms with Crippen molar-refractivity contribution in [2.45, 2.75) is 19.4 Å². The predicted octanol–water partition coefficient (Wildman–Crippen LogP) is 2.39. The fraction of sp³-hybridized carbons (Fsp3) is 0.267. The SMILES string of the molecule is Cc1ccsc1C(=O)N[C@H](CO)Cc1ccccc1. The smallest absolute Gasteiger partial charge is 0.261 e. The summed E-state index contributed by atoms with van der Waals surface area (Å²) in [5.74, 6) is -0.109. The zero-order valence-corrected chi connectivity index (χ0v) is 11.6. The summed E-state index contributed by atoms with van der Waals surface area (Å²) in [5, 5.41) is 14.2. The molecule has 0 unspecified atom stereocenters. The van der Waals surface area contributed by atoms with Gasteiger partial charge in [-0.2, -0.15) is 0 Å². The predicted molar refractivity (Wildman–Crippen MR) is 77.5 cm³/mol. The maximum atomic E-state index is 12.1. The van der Waals surface area contributed by atoms with E-state index in [-0.39, 0.29) is 18.6 Å². The molecule has 3 nitrogen and oxygen atoms in total.